The maximum Gasteiger partial charge on any atom is 0.219 e. The average molecular weight is 300 g/mol. The highest BCUT2D eigenvalue weighted by atomic mass is 16.2. The number of rotatable bonds is 3. The first kappa shape index (κ1) is 15.0. The number of carbonyl (C=O) groups excluding carboxylic acids is 1. The summed E-state index contributed by atoms with van der Waals surface area (Å²) in [4.78, 5) is 24.0. The number of aromatic nitrogens is 2. The van der Waals surface area contributed by atoms with Crippen LogP contribution in [0.15, 0.2) is 18.3 Å². The highest BCUT2D eigenvalue weighted by Crippen LogP contribution is 2.32. The fraction of sp³-hybridized carbons (Fsp3) is 0.529. The minimum absolute atomic E-state index is 0.174. The number of amides is 1. The van der Waals surface area contributed by atoms with Gasteiger partial charge in [-0.1, -0.05) is 0 Å². The molecule has 1 aliphatic rings. The predicted octanol–water partition coefficient (Wildman–Crippen LogP) is 2.35. The summed E-state index contributed by atoms with van der Waals surface area (Å²) in [6, 6.07) is 4.04. The molecule has 1 atom stereocenters. The van der Waals surface area contributed by atoms with Gasteiger partial charge >= 0.3 is 0 Å². The van der Waals surface area contributed by atoms with Gasteiger partial charge in [0.25, 0.3) is 0 Å². The van der Waals surface area contributed by atoms with Gasteiger partial charge in [-0.05, 0) is 39.1 Å². The highest BCUT2D eigenvalue weighted by Gasteiger charge is 2.27. The van der Waals surface area contributed by atoms with Crippen LogP contribution in [0.1, 0.15) is 36.9 Å². The molecule has 1 fully saturated rings. The van der Waals surface area contributed by atoms with Crippen molar-refractivity contribution in [3.8, 4) is 0 Å². The third-order valence-corrected chi connectivity index (χ3v) is 4.44. The molecule has 0 spiro atoms. The third kappa shape index (κ3) is 2.86. The first-order valence-corrected chi connectivity index (χ1v) is 7.92. The summed E-state index contributed by atoms with van der Waals surface area (Å²) in [7, 11) is 4.16. The Balaban J connectivity index is 2.00. The van der Waals surface area contributed by atoms with Gasteiger partial charge in [0.1, 0.15) is 0 Å². The molecule has 2 aromatic rings. The summed E-state index contributed by atoms with van der Waals surface area (Å²) in [5, 5.41) is 0. The standard InChI is InChI=1S/C17H24N4O/c1-12(22)21-9-5-6-13(10-21)16-14(11-20(2)3)17-15(19-16)7-4-8-18-17/h4,7-8,13,19H,5-6,9-11H2,1-3H3/t13-/m1/s1. The molecule has 1 saturated heterocycles. The van der Waals surface area contributed by atoms with Crippen LogP contribution in [0.2, 0.25) is 0 Å². The van der Waals surface area contributed by atoms with Crippen LogP contribution in [-0.4, -0.2) is 52.9 Å². The minimum atomic E-state index is 0.174. The first-order valence-electron chi connectivity index (χ1n) is 7.92. The maximum atomic E-state index is 11.7. The van der Waals surface area contributed by atoms with Crippen molar-refractivity contribution in [1.82, 2.24) is 19.8 Å². The number of fused-ring (bicyclic) bond motifs is 1. The van der Waals surface area contributed by atoms with E-state index in [1.807, 2.05) is 17.2 Å². The lowest BCUT2D eigenvalue weighted by Crippen LogP contribution is -2.38. The molecule has 1 N–H and O–H groups in total. The van der Waals surface area contributed by atoms with Crippen LogP contribution in [0.25, 0.3) is 11.0 Å². The van der Waals surface area contributed by atoms with E-state index in [1.54, 1.807) is 6.92 Å². The predicted molar refractivity (Wildman–Crippen MR) is 87.7 cm³/mol. The molecule has 0 unspecified atom stereocenters. The lowest BCUT2D eigenvalue weighted by atomic mass is 9.92. The van der Waals surface area contributed by atoms with Crippen molar-refractivity contribution in [2.45, 2.75) is 32.2 Å². The zero-order valence-corrected chi connectivity index (χ0v) is 13.6. The third-order valence-electron chi connectivity index (χ3n) is 4.44. The van der Waals surface area contributed by atoms with Crippen LogP contribution < -0.4 is 0 Å². The quantitative estimate of drug-likeness (QED) is 0.946. The molecule has 3 rings (SSSR count). The van der Waals surface area contributed by atoms with E-state index in [1.165, 1.54) is 11.3 Å². The van der Waals surface area contributed by atoms with E-state index in [-0.39, 0.29) is 5.91 Å². The van der Waals surface area contributed by atoms with Crippen molar-refractivity contribution in [2.75, 3.05) is 27.2 Å². The van der Waals surface area contributed by atoms with Crippen molar-refractivity contribution in [1.29, 1.82) is 0 Å². The first-order chi connectivity index (χ1) is 10.6. The zero-order valence-electron chi connectivity index (χ0n) is 13.6. The Bertz CT molecular complexity index is 676. The monoisotopic (exact) mass is 300 g/mol. The molecule has 1 aliphatic heterocycles. The smallest absolute Gasteiger partial charge is 0.219 e. The Kier molecular flexibility index (Phi) is 4.16. The van der Waals surface area contributed by atoms with Crippen molar-refractivity contribution in [2.24, 2.45) is 0 Å². The number of nitrogens with zero attached hydrogens (tertiary/aromatic N) is 3. The molecule has 0 aliphatic carbocycles. The topological polar surface area (TPSA) is 52.2 Å². The van der Waals surface area contributed by atoms with Gasteiger partial charge in [0.05, 0.1) is 11.0 Å². The fourth-order valence-electron chi connectivity index (χ4n) is 3.42. The Morgan fingerprint density at radius 2 is 2.32 bits per heavy atom. The summed E-state index contributed by atoms with van der Waals surface area (Å²) in [6.45, 7) is 4.22. The van der Waals surface area contributed by atoms with Gasteiger partial charge in [-0.3, -0.25) is 9.78 Å². The Hall–Kier alpha value is -1.88. The molecule has 0 saturated carbocycles. The summed E-state index contributed by atoms with van der Waals surface area (Å²) >= 11 is 0. The zero-order chi connectivity index (χ0) is 15.7. The molecule has 5 nitrogen and oxygen atoms in total. The molecule has 0 radical (unpaired) electrons. The second kappa shape index (κ2) is 6.08. The molecule has 0 aromatic carbocycles. The number of carbonyl (C=O) groups is 1. The van der Waals surface area contributed by atoms with Crippen molar-refractivity contribution < 1.29 is 4.79 Å². The van der Waals surface area contributed by atoms with E-state index < -0.39 is 0 Å². The Morgan fingerprint density at radius 1 is 1.50 bits per heavy atom. The average Bonchev–Trinajstić information content (AvgIpc) is 2.86. The van der Waals surface area contributed by atoms with Crippen LogP contribution >= 0.6 is 0 Å². The minimum Gasteiger partial charge on any atom is -0.357 e. The van der Waals surface area contributed by atoms with Gasteiger partial charge < -0.3 is 14.8 Å². The van der Waals surface area contributed by atoms with Gasteiger partial charge in [0.2, 0.25) is 5.91 Å². The van der Waals surface area contributed by atoms with E-state index in [0.717, 1.165) is 43.5 Å². The SMILES string of the molecule is CC(=O)N1CCC[C@@H](c2[nH]c3cccnc3c2CN(C)C)C1. The molecular formula is C17H24N4O. The van der Waals surface area contributed by atoms with Crippen molar-refractivity contribution in [3.05, 3.63) is 29.6 Å². The van der Waals surface area contributed by atoms with Gasteiger partial charge in [-0.15, -0.1) is 0 Å². The molecule has 5 heteroatoms. The van der Waals surface area contributed by atoms with Gasteiger partial charge in [0, 0.05) is 49.9 Å². The number of pyridine rings is 1. The van der Waals surface area contributed by atoms with Crippen LogP contribution in [0.4, 0.5) is 0 Å². The normalized spacial score (nSPS) is 19.1. The lowest BCUT2D eigenvalue weighted by molar-refractivity contribution is -0.130. The number of hydrogen-bond donors (Lipinski definition) is 1. The summed E-state index contributed by atoms with van der Waals surface area (Å²) in [6.07, 6.45) is 4.04. The van der Waals surface area contributed by atoms with Gasteiger partial charge in [-0.2, -0.15) is 0 Å². The van der Waals surface area contributed by atoms with Gasteiger partial charge in [-0.25, -0.2) is 0 Å². The second-order valence-corrected chi connectivity index (χ2v) is 6.46. The van der Waals surface area contributed by atoms with Gasteiger partial charge in [0.15, 0.2) is 0 Å². The van der Waals surface area contributed by atoms with E-state index in [9.17, 15) is 4.79 Å². The molecule has 22 heavy (non-hydrogen) atoms. The van der Waals surface area contributed by atoms with Crippen LogP contribution in [0.3, 0.4) is 0 Å². The molecular weight excluding hydrogens is 276 g/mol. The summed E-state index contributed by atoms with van der Waals surface area (Å²) < 4.78 is 0. The number of H-pyrrole nitrogens is 1. The second-order valence-electron chi connectivity index (χ2n) is 6.46. The Morgan fingerprint density at radius 3 is 3.05 bits per heavy atom. The number of nitrogens with one attached hydrogen (secondary N) is 1. The number of hydrogen-bond acceptors (Lipinski definition) is 3. The fourth-order valence-corrected chi connectivity index (χ4v) is 3.42. The lowest BCUT2D eigenvalue weighted by Gasteiger charge is -2.32. The van der Waals surface area contributed by atoms with E-state index in [0.29, 0.717) is 5.92 Å². The maximum absolute atomic E-state index is 11.7. The van der Waals surface area contributed by atoms with Crippen molar-refractivity contribution >= 4 is 16.9 Å². The van der Waals surface area contributed by atoms with E-state index in [4.69, 9.17) is 0 Å². The van der Waals surface area contributed by atoms with Crippen LogP contribution in [0, 0.1) is 0 Å². The molecule has 118 valence electrons. The van der Waals surface area contributed by atoms with Crippen LogP contribution in [-0.2, 0) is 11.3 Å². The Labute approximate surface area is 131 Å². The van der Waals surface area contributed by atoms with Crippen LogP contribution in [0.5, 0.6) is 0 Å². The van der Waals surface area contributed by atoms with E-state index >= 15 is 0 Å². The van der Waals surface area contributed by atoms with Crippen molar-refractivity contribution in [3.63, 3.8) is 0 Å². The molecule has 3 heterocycles. The summed E-state index contributed by atoms with van der Waals surface area (Å²) in [5.74, 6) is 0.551. The molecule has 0 bridgehead atoms. The van der Waals surface area contributed by atoms with E-state index in [2.05, 4.69) is 35.0 Å². The number of piperidine rings is 1. The largest absolute Gasteiger partial charge is 0.357 e. The number of likely N-dealkylation sites (tertiary alicyclic amines) is 1. The molecule has 1 amide bonds. The number of aromatic amines is 1. The summed E-state index contributed by atoms with van der Waals surface area (Å²) in [5.41, 5.74) is 4.68. The molecule has 2 aromatic heterocycles. The highest BCUT2D eigenvalue weighted by molar-refractivity contribution is 5.80.